The molecule has 4 heterocycles. The van der Waals surface area contributed by atoms with Crippen LogP contribution in [0.2, 0.25) is 0 Å². The molecule has 7 rings (SSSR count). The molecule has 76 heavy (non-hydrogen) atoms. The van der Waals surface area contributed by atoms with E-state index in [0.29, 0.717) is 54.4 Å². The average Bonchev–Trinajstić information content (AvgIpc) is 4.24. The van der Waals surface area contributed by atoms with Gasteiger partial charge in [-0.1, -0.05) is 143 Å². The lowest BCUT2D eigenvalue weighted by molar-refractivity contribution is -0.132. The van der Waals surface area contributed by atoms with Gasteiger partial charge in [0.2, 0.25) is 0 Å². The number of carbonyl (C=O) groups is 3. The maximum absolute atomic E-state index is 15.6. The van der Waals surface area contributed by atoms with E-state index in [0.717, 1.165) is 125 Å². The van der Waals surface area contributed by atoms with Gasteiger partial charge in [0, 0.05) is 29.3 Å². The number of rotatable bonds is 32. The standard InChI is InChI=1S/C64H78N4O6S2/c1-7-13-17-19-39-73-52-31-27-50(28-32-52)68(51-29-33-53(34-30-51)74-40-20-18-14-8-2)57-38-37-56(76-57)61-59-58(62(69)67(61)44-46(12-6)22-16-10-4)60(66(63(59)70)43-45(11-5)21-15-9-3)55-36-35-54(75-55)48-25-23-47(24-26-48)41-49(42-65)64(71)72/h23-38,41,45-46H,7-22,39-40,43-44H2,1-6H3,(H,71,72)/b49-41-. The van der Waals surface area contributed by atoms with E-state index in [2.05, 4.69) is 82.8 Å². The molecule has 3 aromatic carbocycles. The van der Waals surface area contributed by atoms with Crippen molar-refractivity contribution in [3.05, 3.63) is 129 Å². The number of nitrogens with zero attached hydrogens (tertiary/aromatic N) is 4. The molecule has 1 N–H and O–H groups in total. The molecule has 10 nitrogen and oxygen atoms in total. The number of carbonyl (C=O) groups excluding carboxylic acids is 2. The van der Waals surface area contributed by atoms with Gasteiger partial charge in [-0.25, -0.2) is 4.79 Å². The van der Waals surface area contributed by atoms with Crippen molar-refractivity contribution in [2.75, 3.05) is 31.2 Å². The van der Waals surface area contributed by atoms with Gasteiger partial charge in [-0.3, -0.25) is 9.59 Å². The molecule has 0 aliphatic carbocycles. The first-order valence-corrected chi connectivity index (χ1v) is 29.7. The number of anilines is 3. The summed E-state index contributed by atoms with van der Waals surface area (Å²) in [5, 5.41) is 19.7. The van der Waals surface area contributed by atoms with E-state index in [9.17, 15) is 15.2 Å². The van der Waals surface area contributed by atoms with Crippen molar-refractivity contribution in [2.45, 2.75) is 144 Å². The number of hydrogen-bond donors (Lipinski definition) is 1. The minimum atomic E-state index is -1.27. The van der Waals surface area contributed by atoms with Gasteiger partial charge in [0.15, 0.2) is 0 Å². The number of unbranched alkanes of at least 4 members (excludes halogenated alkanes) is 8. The number of amides is 2. The highest BCUT2D eigenvalue weighted by Crippen LogP contribution is 2.52. The Labute approximate surface area is 460 Å². The number of hydrogen-bond acceptors (Lipinski definition) is 9. The molecular weight excluding hydrogens is 985 g/mol. The second-order valence-electron chi connectivity index (χ2n) is 20.2. The zero-order valence-corrected chi connectivity index (χ0v) is 47.3. The highest BCUT2D eigenvalue weighted by Gasteiger charge is 2.50. The lowest BCUT2D eigenvalue weighted by atomic mass is 9.98. The summed E-state index contributed by atoms with van der Waals surface area (Å²) in [6, 6.07) is 34.0. The Morgan fingerprint density at radius 3 is 1.50 bits per heavy atom. The number of aliphatic carboxylic acids is 1. The second-order valence-corrected chi connectivity index (χ2v) is 22.3. The van der Waals surface area contributed by atoms with Gasteiger partial charge in [0.05, 0.1) is 45.5 Å². The normalized spacial score (nSPS) is 14.4. The largest absolute Gasteiger partial charge is 0.494 e. The van der Waals surface area contributed by atoms with Crippen LogP contribution in [-0.2, 0) is 14.4 Å². The third-order valence-corrected chi connectivity index (χ3v) is 16.8. The minimum Gasteiger partial charge on any atom is -0.494 e. The molecule has 2 aliphatic heterocycles. The summed E-state index contributed by atoms with van der Waals surface area (Å²) >= 11 is 3.13. The molecule has 0 saturated carbocycles. The number of nitriles is 1. The van der Waals surface area contributed by atoms with Crippen LogP contribution in [0.3, 0.4) is 0 Å². The van der Waals surface area contributed by atoms with Crippen molar-refractivity contribution in [1.29, 1.82) is 5.26 Å². The van der Waals surface area contributed by atoms with Crippen LogP contribution in [0.15, 0.2) is 114 Å². The van der Waals surface area contributed by atoms with Gasteiger partial charge < -0.3 is 29.3 Å². The molecule has 12 heteroatoms. The Hall–Kier alpha value is -6.42. The maximum Gasteiger partial charge on any atom is 0.346 e. The first-order chi connectivity index (χ1) is 37.1. The summed E-state index contributed by atoms with van der Waals surface area (Å²) in [5.41, 5.74) is 5.40. The molecule has 0 saturated heterocycles. The zero-order chi connectivity index (χ0) is 54.0. The molecular formula is C64H78N4O6S2. The van der Waals surface area contributed by atoms with Crippen molar-refractivity contribution in [3.8, 4) is 28.0 Å². The van der Waals surface area contributed by atoms with Crippen molar-refractivity contribution in [2.24, 2.45) is 11.8 Å². The fourth-order valence-electron chi connectivity index (χ4n) is 10.1. The number of carboxylic acids is 1. The maximum atomic E-state index is 15.6. The number of benzene rings is 3. The van der Waals surface area contributed by atoms with E-state index in [-0.39, 0.29) is 29.2 Å². The van der Waals surface area contributed by atoms with Crippen LogP contribution in [0, 0.1) is 23.2 Å². The summed E-state index contributed by atoms with van der Waals surface area (Å²) in [5.74, 6) is 0.609. The Kier molecular flexibility index (Phi) is 21.6. The molecule has 0 radical (unpaired) electrons. The van der Waals surface area contributed by atoms with E-state index < -0.39 is 5.97 Å². The van der Waals surface area contributed by atoms with E-state index in [1.807, 2.05) is 58.3 Å². The van der Waals surface area contributed by atoms with Crippen LogP contribution in [0.4, 0.5) is 16.4 Å². The van der Waals surface area contributed by atoms with Crippen LogP contribution >= 0.6 is 22.7 Å². The van der Waals surface area contributed by atoms with Gasteiger partial charge in [0.25, 0.3) is 11.8 Å². The van der Waals surface area contributed by atoms with Crippen LogP contribution in [0.1, 0.15) is 160 Å². The van der Waals surface area contributed by atoms with E-state index in [1.54, 1.807) is 40.9 Å². The van der Waals surface area contributed by atoms with Crippen molar-refractivity contribution < 1.29 is 29.0 Å². The predicted molar refractivity (Wildman–Crippen MR) is 313 cm³/mol. The topological polar surface area (TPSA) is 123 Å². The molecule has 0 fully saturated rings. The van der Waals surface area contributed by atoms with Gasteiger partial charge >= 0.3 is 5.97 Å². The molecule has 2 aliphatic rings. The predicted octanol–water partition coefficient (Wildman–Crippen LogP) is 17.1. The third-order valence-electron chi connectivity index (χ3n) is 14.6. The Bertz CT molecular complexity index is 2790. The Morgan fingerprint density at radius 1 is 0.592 bits per heavy atom. The van der Waals surface area contributed by atoms with E-state index in [4.69, 9.17) is 9.47 Å². The monoisotopic (exact) mass is 1060 g/mol. The summed E-state index contributed by atoms with van der Waals surface area (Å²) in [4.78, 5) is 51.5. The molecule has 402 valence electrons. The molecule has 2 unspecified atom stereocenters. The number of fused-ring (bicyclic) bond motifs is 1. The third kappa shape index (κ3) is 14.1. The summed E-state index contributed by atoms with van der Waals surface area (Å²) in [6.45, 7) is 15.6. The lowest BCUT2D eigenvalue weighted by Gasteiger charge is -2.29. The van der Waals surface area contributed by atoms with Crippen LogP contribution in [0.25, 0.3) is 27.9 Å². The fourth-order valence-corrected chi connectivity index (χ4v) is 12.3. The Balaban J connectivity index is 1.34. The molecule has 0 spiro atoms. The summed E-state index contributed by atoms with van der Waals surface area (Å²) < 4.78 is 12.4. The quantitative estimate of drug-likeness (QED) is 0.0257. The molecule has 0 bridgehead atoms. The molecule has 2 aromatic heterocycles. The van der Waals surface area contributed by atoms with E-state index in [1.165, 1.54) is 31.8 Å². The smallest absolute Gasteiger partial charge is 0.346 e. The van der Waals surface area contributed by atoms with Crippen molar-refractivity contribution >= 4 is 74.3 Å². The van der Waals surface area contributed by atoms with Crippen molar-refractivity contribution in [3.63, 3.8) is 0 Å². The van der Waals surface area contributed by atoms with E-state index >= 15 is 9.59 Å². The zero-order valence-electron chi connectivity index (χ0n) is 45.7. The van der Waals surface area contributed by atoms with Gasteiger partial charge in [-0.15, -0.1) is 22.7 Å². The lowest BCUT2D eigenvalue weighted by Crippen LogP contribution is -2.34. The second kappa shape index (κ2) is 28.6. The summed E-state index contributed by atoms with van der Waals surface area (Å²) in [6.07, 6.45) is 18.5. The average molecular weight is 1060 g/mol. The SMILES string of the molecule is CCCCCCOc1ccc(N(c2ccc(OCCCCCC)cc2)c2ccc(C3=C4C(=O)N(CC(CC)CCCC)C(c5ccc(-c6ccc(/C=C(/C#N)C(=O)O)cc6)s5)=C4C(=O)N3CC(CC)CCCC)s2)cc1. The van der Waals surface area contributed by atoms with Crippen LogP contribution < -0.4 is 14.4 Å². The molecule has 2 amide bonds. The summed E-state index contributed by atoms with van der Waals surface area (Å²) in [7, 11) is 0. The number of carboxylic acid groups (broad SMARTS) is 1. The fraction of sp³-hybridized carbons (Fsp3) is 0.438. The van der Waals surface area contributed by atoms with Gasteiger partial charge in [0.1, 0.15) is 28.1 Å². The van der Waals surface area contributed by atoms with Crippen molar-refractivity contribution in [1.82, 2.24) is 9.80 Å². The van der Waals surface area contributed by atoms with Gasteiger partial charge in [-0.05, 0) is 128 Å². The van der Waals surface area contributed by atoms with Gasteiger partial charge in [-0.2, -0.15) is 5.26 Å². The molecule has 5 aromatic rings. The minimum absolute atomic E-state index is 0.132. The first kappa shape index (κ1) is 57.3. The number of ether oxygens (including phenoxy) is 2. The first-order valence-electron chi connectivity index (χ1n) is 28.1. The molecule has 2 atom stereocenters. The highest BCUT2D eigenvalue weighted by molar-refractivity contribution is 7.17. The number of thiophene rings is 2. The van der Waals surface area contributed by atoms with Crippen LogP contribution in [-0.4, -0.2) is 59.0 Å². The highest BCUT2D eigenvalue weighted by atomic mass is 32.1. The van der Waals surface area contributed by atoms with Crippen LogP contribution in [0.5, 0.6) is 11.5 Å². The Morgan fingerprint density at radius 2 is 1.05 bits per heavy atom.